The van der Waals surface area contributed by atoms with E-state index in [2.05, 4.69) is 18.3 Å². The minimum absolute atomic E-state index is 0.195. The lowest BCUT2D eigenvalue weighted by Crippen LogP contribution is -2.17. The highest BCUT2D eigenvalue weighted by molar-refractivity contribution is 5.43. The fraction of sp³-hybridized carbons (Fsp3) is 0.444. The molecule has 120 valence electrons. The van der Waals surface area contributed by atoms with E-state index in [1.807, 2.05) is 45.0 Å². The van der Waals surface area contributed by atoms with Crippen molar-refractivity contribution >= 4 is 0 Å². The van der Waals surface area contributed by atoms with Crippen LogP contribution in [-0.4, -0.2) is 13.2 Å². The second kappa shape index (κ2) is 7.90. The lowest BCUT2D eigenvalue weighted by Gasteiger charge is -2.17. The molecule has 1 atom stereocenters. The number of rotatable bonds is 8. The third kappa shape index (κ3) is 4.28. The SMILES string of the molecule is CCOc1ccc(C(C)NCc2ccc(C)o2)cc1OCC. The van der Waals surface area contributed by atoms with Gasteiger partial charge >= 0.3 is 0 Å². The molecule has 0 amide bonds. The van der Waals surface area contributed by atoms with E-state index in [-0.39, 0.29) is 6.04 Å². The van der Waals surface area contributed by atoms with Crippen molar-refractivity contribution in [1.82, 2.24) is 5.32 Å². The summed E-state index contributed by atoms with van der Waals surface area (Å²) in [5.74, 6) is 3.47. The van der Waals surface area contributed by atoms with Gasteiger partial charge in [-0.2, -0.15) is 0 Å². The molecule has 4 heteroatoms. The molecule has 1 aromatic carbocycles. The summed E-state index contributed by atoms with van der Waals surface area (Å²) in [6.45, 7) is 9.98. The van der Waals surface area contributed by atoms with Crippen LogP contribution < -0.4 is 14.8 Å². The van der Waals surface area contributed by atoms with E-state index in [1.165, 1.54) is 0 Å². The maximum absolute atomic E-state index is 5.68. The number of benzene rings is 1. The Morgan fingerprint density at radius 1 is 1.05 bits per heavy atom. The van der Waals surface area contributed by atoms with Crippen molar-refractivity contribution in [2.75, 3.05) is 13.2 Å². The largest absolute Gasteiger partial charge is 0.490 e. The van der Waals surface area contributed by atoms with Gasteiger partial charge in [0.15, 0.2) is 11.5 Å². The summed E-state index contributed by atoms with van der Waals surface area (Å²) in [4.78, 5) is 0. The summed E-state index contributed by atoms with van der Waals surface area (Å²) in [7, 11) is 0. The van der Waals surface area contributed by atoms with Gasteiger partial charge in [0.25, 0.3) is 0 Å². The van der Waals surface area contributed by atoms with Crippen LogP contribution in [0.25, 0.3) is 0 Å². The zero-order valence-electron chi connectivity index (χ0n) is 13.8. The minimum Gasteiger partial charge on any atom is -0.490 e. The van der Waals surface area contributed by atoms with Crippen LogP contribution in [0, 0.1) is 6.92 Å². The predicted molar refractivity (Wildman–Crippen MR) is 87.5 cm³/mol. The Kier molecular flexibility index (Phi) is 5.90. The van der Waals surface area contributed by atoms with Crippen molar-refractivity contribution in [3.8, 4) is 11.5 Å². The molecule has 1 N–H and O–H groups in total. The molecule has 4 nitrogen and oxygen atoms in total. The molecule has 0 bridgehead atoms. The Hall–Kier alpha value is -1.94. The first-order valence-electron chi connectivity index (χ1n) is 7.82. The smallest absolute Gasteiger partial charge is 0.161 e. The van der Waals surface area contributed by atoms with Gasteiger partial charge in [0.1, 0.15) is 11.5 Å². The maximum atomic E-state index is 5.68. The quantitative estimate of drug-likeness (QED) is 0.792. The Balaban J connectivity index is 2.04. The maximum Gasteiger partial charge on any atom is 0.161 e. The standard InChI is InChI=1S/C18H25NO3/c1-5-20-17-10-8-15(11-18(17)21-6-2)14(4)19-12-16-9-7-13(3)22-16/h7-11,14,19H,5-6,12H2,1-4H3. The van der Waals surface area contributed by atoms with Gasteiger partial charge in [0.2, 0.25) is 0 Å². The average Bonchev–Trinajstić information content (AvgIpc) is 2.92. The van der Waals surface area contributed by atoms with E-state index < -0.39 is 0 Å². The van der Waals surface area contributed by atoms with E-state index >= 15 is 0 Å². The molecular formula is C18H25NO3. The van der Waals surface area contributed by atoms with Crippen molar-refractivity contribution in [2.45, 2.75) is 40.3 Å². The summed E-state index contributed by atoms with van der Waals surface area (Å²) in [6, 6.07) is 10.3. The van der Waals surface area contributed by atoms with Crippen LogP contribution in [0.15, 0.2) is 34.7 Å². The van der Waals surface area contributed by atoms with E-state index in [1.54, 1.807) is 0 Å². The lowest BCUT2D eigenvalue weighted by molar-refractivity contribution is 0.287. The monoisotopic (exact) mass is 303 g/mol. The van der Waals surface area contributed by atoms with Gasteiger partial charge < -0.3 is 19.2 Å². The molecule has 1 unspecified atom stereocenters. The Labute approximate surface area is 132 Å². The fourth-order valence-electron chi connectivity index (χ4n) is 2.29. The first kappa shape index (κ1) is 16.4. The first-order chi connectivity index (χ1) is 10.6. The fourth-order valence-corrected chi connectivity index (χ4v) is 2.29. The molecule has 22 heavy (non-hydrogen) atoms. The average molecular weight is 303 g/mol. The zero-order valence-corrected chi connectivity index (χ0v) is 13.8. The van der Waals surface area contributed by atoms with E-state index in [0.717, 1.165) is 28.6 Å². The summed E-state index contributed by atoms with van der Waals surface area (Å²) in [5, 5.41) is 3.46. The number of ether oxygens (including phenoxy) is 2. The van der Waals surface area contributed by atoms with Crippen LogP contribution in [0.3, 0.4) is 0 Å². The van der Waals surface area contributed by atoms with Gasteiger partial charge in [-0.15, -0.1) is 0 Å². The highest BCUT2D eigenvalue weighted by Gasteiger charge is 2.11. The topological polar surface area (TPSA) is 43.6 Å². The molecule has 0 spiro atoms. The summed E-state index contributed by atoms with van der Waals surface area (Å²) in [5.41, 5.74) is 1.16. The van der Waals surface area contributed by atoms with Gasteiger partial charge in [-0.1, -0.05) is 6.07 Å². The highest BCUT2D eigenvalue weighted by atomic mass is 16.5. The van der Waals surface area contributed by atoms with Crippen molar-refractivity contribution < 1.29 is 13.9 Å². The molecule has 0 radical (unpaired) electrons. The summed E-state index contributed by atoms with van der Waals surface area (Å²) < 4.78 is 16.8. The second-order valence-electron chi connectivity index (χ2n) is 5.19. The van der Waals surface area contributed by atoms with E-state index in [0.29, 0.717) is 19.8 Å². The van der Waals surface area contributed by atoms with Gasteiger partial charge in [0.05, 0.1) is 19.8 Å². The van der Waals surface area contributed by atoms with Gasteiger partial charge in [-0.3, -0.25) is 0 Å². The van der Waals surface area contributed by atoms with E-state index in [4.69, 9.17) is 13.9 Å². The number of hydrogen-bond donors (Lipinski definition) is 1. The van der Waals surface area contributed by atoms with Crippen LogP contribution >= 0.6 is 0 Å². The highest BCUT2D eigenvalue weighted by Crippen LogP contribution is 2.30. The molecule has 0 fully saturated rings. The van der Waals surface area contributed by atoms with Crippen LogP contribution in [0.2, 0.25) is 0 Å². The third-order valence-electron chi connectivity index (χ3n) is 3.45. The van der Waals surface area contributed by atoms with Crippen LogP contribution in [0.1, 0.15) is 43.9 Å². The molecular weight excluding hydrogens is 278 g/mol. The molecule has 0 saturated carbocycles. The summed E-state index contributed by atoms with van der Waals surface area (Å²) >= 11 is 0. The molecule has 2 rings (SSSR count). The van der Waals surface area contributed by atoms with E-state index in [9.17, 15) is 0 Å². The number of furan rings is 1. The Morgan fingerprint density at radius 2 is 1.77 bits per heavy atom. The van der Waals surface area contributed by atoms with Gasteiger partial charge in [-0.05, 0) is 57.5 Å². The van der Waals surface area contributed by atoms with Crippen molar-refractivity contribution in [3.63, 3.8) is 0 Å². The molecule has 2 aromatic rings. The minimum atomic E-state index is 0.195. The number of nitrogens with one attached hydrogen (secondary N) is 1. The van der Waals surface area contributed by atoms with Gasteiger partial charge in [0, 0.05) is 6.04 Å². The van der Waals surface area contributed by atoms with Gasteiger partial charge in [-0.25, -0.2) is 0 Å². The van der Waals surface area contributed by atoms with Crippen LogP contribution in [-0.2, 0) is 6.54 Å². The number of aryl methyl sites for hydroxylation is 1. The van der Waals surface area contributed by atoms with Crippen LogP contribution in [0.5, 0.6) is 11.5 Å². The number of hydrogen-bond acceptors (Lipinski definition) is 4. The molecule has 0 aliphatic rings. The third-order valence-corrected chi connectivity index (χ3v) is 3.45. The zero-order chi connectivity index (χ0) is 15.9. The molecule has 0 saturated heterocycles. The molecule has 0 aliphatic carbocycles. The van der Waals surface area contributed by atoms with Crippen molar-refractivity contribution in [1.29, 1.82) is 0 Å². The molecule has 1 aromatic heterocycles. The van der Waals surface area contributed by atoms with Crippen LogP contribution in [0.4, 0.5) is 0 Å². The Bertz CT molecular complexity index is 592. The second-order valence-corrected chi connectivity index (χ2v) is 5.19. The molecule has 1 heterocycles. The molecule has 0 aliphatic heterocycles. The lowest BCUT2D eigenvalue weighted by atomic mass is 10.1. The Morgan fingerprint density at radius 3 is 2.41 bits per heavy atom. The summed E-state index contributed by atoms with van der Waals surface area (Å²) in [6.07, 6.45) is 0. The normalized spacial score (nSPS) is 12.2. The van der Waals surface area contributed by atoms with Crippen molar-refractivity contribution in [2.24, 2.45) is 0 Å². The first-order valence-corrected chi connectivity index (χ1v) is 7.82. The van der Waals surface area contributed by atoms with Crippen molar-refractivity contribution in [3.05, 3.63) is 47.4 Å². The predicted octanol–water partition coefficient (Wildman–Crippen LogP) is 4.24.